The summed E-state index contributed by atoms with van der Waals surface area (Å²) in [6, 6.07) is 16.1. The molecule has 0 aliphatic carbocycles. The maximum atomic E-state index is 12.6. The molecule has 0 spiro atoms. The molecule has 4 heteroatoms. The fourth-order valence-corrected chi connectivity index (χ4v) is 3.91. The number of benzene rings is 2. The first-order valence-electron chi connectivity index (χ1n) is 8.94. The first-order valence-corrected chi connectivity index (χ1v) is 8.94. The van der Waals surface area contributed by atoms with Gasteiger partial charge < -0.3 is 15.0 Å². The highest BCUT2D eigenvalue weighted by molar-refractivity contribution is 6.36. The highest BCUT2D eigenvalue weighted by Gasteiger charge is 2.36. The van der Waals surface area contributed by atoms with Crippen LogP contribution in [-0.2, 0) is 9.53 Å². The van der Waals surface area contributed by atoms with Gasteiger partial charge >= 0.3 is 0 Å². The quantitative estimate of drug-likeness (QED) is 0.872. The average molecular weight is 332 g/mol. The Hall–Kier alpha value is -2.59. The van der Waals surface area contributed by atoms with E-state index < -0.39 is 0 Å². The summed E-state index contributed by atoms with van der Waals surface area (Å²) in [5, 5.41) is 2.95. The lowest BCUT2D eigenvalue weighted by molar-refractivity contribution is -0.110. The number of carbonyl (C=O) groups excluding carboxylic acids is 1. The van der Waals surface area contributed by atoms with Gasteiger partial charge in [0.05, 0.1) is 5.57 Å². The molecular weight excluding hydrogens is 312 g/mol. The number of ether oxygens (including phenoxy) is 1. The first kappa shape index (κ1) is 14.7. The summed E-state index contributed by atoms with van der Waals surface area (Å²) < 4.78 is 6.35. The molecule has 3 heterocycles. The third kappa shape index (κ3) is 2.36. The summed E-state index contributed by atoms with van der Waals surface area (Å²) in [7, 11) is 0. The van der Waals surface area contributed by atoms with Gasteiger partial charge in [0, 0.05) is 35.3 Å². The van der Waals surface area contributed by atoms with Crippen LogP contribution in [0.3, 0.4) is 0 Å². The number of carbonyl (C=O) groups is 1. The average Bonchev–Trinajstić information content (AvgIpc) is 3.10. The van der Waals surface area contributed by atoms with E-state index in [2.05, 4.69) is 28.4 Å². The zero-order valence-electron chi connectivity index (χ0n) is 14.0. The Morgan fingerprint density at radius 2 is 1.80 bits per heavy atom. The lowest BCUT2D eigenvalue weighted by Crippen LogP contribution is -2.38. The number of fused-ring (bicyclic) bond motifs is 2. The summed E-state index contributed by atoms with van der Waals surface area (Å²) in [6.45, 7) is 3.43. The van der Waals surface area contributed by atoms with Crippen LogP contribution in [0.15, 0.2) is 48.5 Å². The number of likely N-dealkylation sites (tertiary alicyclic amines) is 1. The molecule has 126 valence electrons. The second kappa shape index (κ2) is 5.74. The van der Waals surface area contributed by atoms with Crippen LogP contribution >= 0.6 is 0 Å². The molecule has 1 saturated heterocycles. The zero-order chi connectivity index (χ0) is 16.8. The van der Waals surface area contributed by atoms with Gasteiger partial charge in [-0.05, 0) is 25.6 Å². The van der Waals surface area contributed by atoms with Gasteiger partial charge in [0.2, 0.25) is 0 Å². The van der Waals surface area contributed by atoms with E-state index in [1.54, 1.807) is 0 Å². The van der Waals surface area contributed by atoms with Crippen LogP contribution < -0.4 is 5.32 Å². The van der Waals surface area contributed by atoms with Gasteiger partial charge in [-0.2, -0.15) is 0 Å². The number of hydrogen-bond donors (Lipinski definition) is 1. The second-order valence-corrected chi connectivity index (χ2v) is 6.88. The molecule has 4 nitrogen and oxygen atoms in total. The topological polar surface area (TPSA) is 41.6 Å². The minimum absolute atomic E-state index is 0.0277. The molecule has 2 aromatic carbocycles. The molecule has 0 radical (unpaired) electrons. The van der Waals surface area contributed by atoms with Crippen LogP contribution in [0.1, 0.15) is 35.6 Å². The van der Waals surface area contributed by atoms with Crippen molar-refractivity contribution in [2.75, 3.05) is 25.0 Å². The molecule has 3 aliphatic rings. The van der Waals surface area contributed by atoms with E-state index >= 15 is 0 Å². The molecule has 5 rings (SSSR count). The smallest absolute Gasteiger partial charge is 0.260 e. The number of anilines is 1. The van der Waals surface area contributed by atoms with Crippen LogP contribution in [0, 0.1) is 0 Å². The van der Waals surface area contributed by atoms with Crippen molar-refractivity contribution in [3.05, 3.63) is 65.2 Å². The predicted octanol–water partition coefficient (Wildman–Crippen LogP) is 3.67. The van der Waals surface area contributed by atoms with Crippen LogP contribution in [-0.4, -0.2) is 30.4 Å². The van der Waals surface area contributed by atoms with Gasteiger partial charge in [0.15, 0.2) is 0 Å². The second-order valence-electron chi connectivity index (χ2n) is 6.88. The molecule has 3 aliphatic heterocycles. The Labute approximate surface area is 147 Å². The van der Waals surface area contributed by atoms with Crippen LogP contribution in [0.2, 0.25) is 0 Å². The molecule has 0 bridgehead atoms. The molecule has 1 atom stereocenters. The molecule has 0 aromatic heterocycles. The molecule has 25 heavy (non-hydrogen) atoms. The van der Waals surface area contributed by atoms with E-state index in [0.29, 0.717) is 5.57 Å². The third-order valence-corrected chi connectivity index (χ3v) is 5.37. The van der Waals surface area contributed by atoms with Crippen molar-refractivity contribution in [3.63, 3.8) is 0 Å². The van der Waals surface area contributed by atoms with Gasteiger partial charge in [0.1, 0.15) is 11.9 Å². The summed E-state index contributed by atoms with van der Waals surface area (Å²) in [5.41, 5.74) is 4.70. The summed E-state index contributed by atoms with van der Waals surface area (Å²) in [4.78, 5) is 15.1. The number of nitrogens with zero attached hydrogens (tertiary/aromatic N) is 1. The third-order valence-electron chi connectivity index (χ3n) is 5.37. The highest BCUT2D eigenvalue weighted by Crippen LogP contribution is 2.46. The largest absolute Gasteiger partial charge is 0.484 e. The van der Waals surface area contributed by atoms with E-state index in [9.17, 15) is 4.79 Å². The van der Waals surface area contributed by atoms with Crippen molar-refractivity contribution in [3.8, 4) is 0 Å². The van der Waals surface area contributed by atoms with Crippen LogP contribution in [0.25, 0.3) is 11.3 Å². The van der Waals surface area contributed by atoms with Crippen LogP contribution in [0.5, 0.6) is 0 Å². The first-order chi connectivity index (χ1) is 12.3. The van der Waals surface area contributed by atoms with E-state index in [1.807, 2.05) is 30.3 Å². The van der Waals surface area contributed by atoms with Crippen molar-refractivity contribution in [1.82, 2.24) is 4.90 Å². The number of rotatable bonds is 3. The molecule has 1 amide bonds. The predicted molar refractivity (Wildman–Crippen MR) is 97.8 cm³/mol. The van der Waals surface area contributed by atoms with Gasteiger partial charge in [-0.3, -0.25) is 4.79 Å². The maximum absolute atomic E-state index is 12.6. The van der Waals surface area contributed by atoms with Gasteiger partial charge in [-0.15, -0.1) is 0 Å². The molecule has 0 saturated carbocycles. The number of para-hydroxylation sites is 1. The van der Waals surface area contributed by atoms with Crippen molar-refractivity contribution in [2.45, 2.75) is 18.9 Å². The summed E-state index contributed by atoms with van der Waals surface area (Å²) >= 11 is 0. The normalized spacial score (nSPS) is 24.3. The SMILES string of the molecule is O=C1Nc2ccccc2/C1=C1\OC(CCN2CCC2)c2ccccc21. The summed E-state index contributed by atoms with van der Waals surface area (Å²) in [6.07, 6.45) is 2.28. The fourth-order valence-electron chi connectivity index (χ4n) is 3.91. The number of amides is 1. The fraction of sp³-hybridized carbons (Fsp3) is 0.286. The van der Waals surface area contributed by atoms with Crippen molar-refractivity contribution >= 4 is 22.9 Å². The number of hydrogen-bond acceptors (Lipinski definition) is 3. The van der Waals surface area contributed by atoms with Crippen molar-refractivity contribution < 1.29 is 9.53 Å². The van der Waals surface area contributed by atoms with Gasteiger partial charge in [0.25, 0.3) is 5.91 Å². The Balaban J connectivity index is 1.55. The van der Waals surface area contributed by atoms with E-state index in [-0.39, 0.29) is 12.0 Å². The highest BCUT2D eigenvalue weighted by atomic mass is 16.5. The Morgan fingerprint density at radius 3 is 2.60 bits per heavy atom. The van der Waals surface area contributed by atoms with Crippen molar-refractivity contribution in [1.29, 1.82) is 0 Å². The lowest BCUT2D eigenvalue weighted by Gasteiger charge is -2.31. The Kier molecular flexibility index (Phi) is 3.38. The lowest BCUT2D eigenvalue weighted by atomic mass is 9.98. The van der Waals surface area contributed by atoms with Crippen LogP contribution in [0.4, 0.5) is 5.69 Å². The maximum Gasteiger partial charge on any atom is 0.260 e. The molecule has 2 aromatic rings. The van der Waals surface area contributed by atoms with E-state index in [1.165, 1.54) is 25.1 Å². The Morgan fingerprint density at radius 1 is 1.04 bits per heavy atom. The standard InChI is InChI=1S/C21H20N2O2/c24-21-19(16-8-3-4-9-17(16)22-21)20-15-7-2-1-6-14(15)18(25-20)10-13-23-11-5-12-23/h1-4,6-9,18H,5,10-13H2,(H,22,24)/b20-19+. The minimum Gasteiger partial charge on any atom is -0.484 e. The summed E-state index contributed by atoms with van der Waals surface area (Å²) in [5.74, 6) is 0.654. The van der Waals surface area contributed by atoms with Crippen molar-refractivity contribution in [2.24, 2.45) is 0 Å². The molecule has 1 fully saturated rings. The van der Waals surface area contributed by atoms with E-state index in [0.717, 1.165) is 35.5 Å². The zero-order valence-corrected chi connectivity index (χ0v) is 14.0. The number of nitrogens with one attached hydrogen (secondary N) is 1. The minimum atomic E-state index is -0.0746. The molecule has 1 unspecified atom stereocenters. The Bertz CT molecular complexity index is 883. The van der Waals surface area contributed by atoms with E-state index in [4.69, 9.17) is 4.74 Å². The van der Waals surface area contributed by atoms with Gasteiger partial charge in [-0.1, -0.05) is 42.5 Å². The van der Waals surface area contributed by atoms with Gasteiger partial charge in [-0.25, -0.2) is 0 Å². The molecule has 1 N–H and O–H groups in total. The molecular formula is C21H20N2O2. The monoisotopic (exact) mass is 332 g/mol.